The minimum atomic E-state index is 0.202. The van der Waals surface area contributed by atoms with Gasteiger partial charge in [0.1, 0.15) is 0 Å². The van der Waals surface area contributed by atoms with Gasteiger partial charge in [-0.3, -0.25) is 0 Å². The first-order chi connectivity index (χ1) is 10.0. The second-order valence-electron chi connectivity index (χ2n) is 6.42. The fourth-order valence-corrected chi connectivity index (χ4v) is 3.57. The number of para-hydroxylation sites is 1. The molecule has 4 heteroatoms. The molecule has 2 unspecified atom stereocenters. The van der Waals surface area contributed by atoms with E-state index < -0.39 is 0 Å². The van der Waals surface area contributed by atoms with E-state index in [0.29, 0.717) is 0 Å². The Bertz CT molecular complexity index is 463. The lowest BCUT2D eigenvalue weighted by atomic mass is 10.0. The van der Waals surface area contributed by atoms with Crippen molar-refractivity contribution in [2.24, 2.45) is 11.7 Å². The van der Waals surface area contributed by atoms with Crippen LogP contribution in [0.3, 0.4) is 0 Å². The molecule has 1 saturated heterocycles. The number of hydrogen-bond donors (Lipinski definition) is 1. The first-order valence-corrected chi connectivity index (χ1v) is 8.31. The van der Waals surface area contributed by atoms with Gasteiger partial charge < -0.3 is 15.5 Å². The average molecular weight is 310 g/mol. The zero-order chi connectivity index (χ0) is 15.4. The lowest BCUT2D eigenvalue weighted by molar-refractivity contribution is 0.396. The summed E-state index contributed by atoms with van der Waals surface area (Å²) in [5, 5.41) is 0.838. The van der Waals surface area contributed by atoms with Gasteiger partial charge in [-0.1, -0.05) is 30.7 Å². The van der Waals surface area contributed by atoms with Crippen molar-refractivity contribution in [2.75, 3.05) is 38.6 Å². The van der Waals surface area contributed by atoms with Crippen LogP contribution in [0.4, 0.5) is 5.69 Å². The summed E-state index contributed by atoms with van der Waals surface area (Å²) in [5.74, 6) is 0.726. The maximum Gasteiger partial charge on any atom is 0.0642 e. The Kier molecular flexibility index (Phi) is 5.91. The Morgan fingerprint density at radius 2 is 2.24 bits per heavy atom. The van der Waals surface area contributed by atoms with Gasteiger partial charge in [-0.2, -0.15) is 0 Å². The topological polar surface area (TPSA) is 32.5 Å². The quantitative estimate of drug-likeness (QED) is 0.877. The molecule has 0 spiro atoms. The molecule has 2 atom stereocenters. The molecule has 1 aliphatic rings. The third kappa shape index (κ3) is 4.35. The molecule has 1 heterocycles. The standard InChI is InChI=1S/C17H28ClN3/c1-4-15(19)10-14-6-5-7-16(18)17(14)21(3)12-13-8-9-20(2)11-13/h5-7,13,15H,4,8-12,19H2,1-3H3. The molecule has 1 aliphatic heterocycles. The number of benzene rings is 1. The molecule has 118 valence electrons. The van der Waals surface area contributed by atoms with Gasteiger partial charge >= 0.3 is 0 Å². The maximum atomic E-state index is 6.47. The number of nitrogens with zero attached hydrogens (tertiary/aromatic N) is 2. The smallest absolute Gasteiger partial charge is 0.0642 e. The van der Waals surface area contributed by atoms with Crippen molar-refractivity contribution in [1.29, 1.82) is 0 Å². The van der Waals surface area contributed by atoms with Gasteiger partial charge in [-0.25, -0.2) is 0 Å². The van der Waals surface area contributed by atoms with E-state index in [1.807, 2.05) is 12.1 Å². The second-order valence-corrected chi connectivity index (χ2v) is 6.82. The molecule has 21 heavy (non-hydrogen) atoms. The van der Waals surface area contributed by atoms with Crippen molar-refractivity contribution in [2.45, 2.75) is 32.2 Å². The SMILES string of the molecule is CCC(N)Cc1cccc(Cl)c1N(C)CC1CCN(C)C1. The van der Waals surface area contributed by atoms with Crippen molar-refractivity contribution in [3.63, 3.8) is 0 Å². The van der Waals surface area contributed by atoms with Crippen LogP contribution in [-0.4, -0.2) is 44.7 Å². The number of halogens is 1. The molecule has 2 rings (SSSR count). The van der Waals surface area contributed by atoms with E-state index in [1.54, 1.807) is 0 Å². The molecule has 0 bridgehead atoms. The molecular weight excluding hydrogens is 282 g/mol. The van der Waals surface area contributed by atoms with E-state index in [9.17, 15) is 0 Å². The molecule has 1 fully saturated rings. The molecule has 0 radical (unpaired) electrons. The Morgan fingerprint density at radius 1 is 1.48 bits per heavy atom. The monoisotopic (exact) mass is 309 g/mol. The van der Waals surface area contributed by atoms with E-state index in [1.165, 1.54) is 25.1 Å². The summed E-state index contributed by atoms with van der Waals surface area (Å²) in [6.07, 6.45) is 3.15. The summed E-state index contributed by atoms with van der Waals surface area (Å²) in [7, 11) is 4.35. The Labute approximate surface area is 134 Å². The minimum absolute atomic E-state index is 0.202. The highest BCUT2D eigenvalue weighted by Gasteiger charge is 2.22. The highest BCUT2D eigenvalue weighted by Crippen LogP contribution is 2.31. The van der Waals surface area contributed by atoms with Gasteiger partial charge in [-0.15, -0.1) is 0 Å². The Balaban J connectivity index is 2.13. The molecule has 1 aromatic rings. The summed E-state index contributed by atoms with van der Waals surface area (Å²) in [6.45, 7) is 5.57. The van der Waals surface area contributed by atoms with Crippen LogP contribution in [0.15, 0.2) is 18.2 Å². The van der Waals surface area contributed by atoms with Crippen LogP contribution >= 0.6 is 11.6 Å². The zero-order valence-corrected chi connectivity index (χ0v) is 14.2. The molecule has 0 saturated carbocycles. The average Bonchev–Trinajstić information content (AvgIpc) is 2.83. The van der Waals surface area contributed by atoms with Crippen LogP contribution in [0.2, 0.25) is 5.02 Å². The fraction of sp³-hybridized carbons (Fsp3) is 0.647. The third-order valence-corrected chi connectivity index (χ3v) is 4.78. The van der Waals surface area contributed by atoms with Crippen molar-refractivity contribution in [1.82, 2.24) is 4.90 Å². The van der Waals surface area contributed by atoms with E-state index in [2.05, 4.69) is 36.9 Å². The number of anilines is 1. The van der Waals surface area contributed by atoms with E-state index in [4.69, 9.17) is 17.3 Å². The summed E-state index contributed by atoms with van der Waals surface area (Å²) < 4.78 is 0. The Hall–Kier alpha value is -0.770. The van der Waals surface area contributed by atoms with Crippen molar-refractivity contribution >= 4 is 17.3 Å². The van der Waals surface area contributed by atoms with Crippen molar-refractivity contribution < 1.29 is 0 Å². The second kappa shape index (κ2) is 7.48. The fourth-order valence-electron chi connectivity index (χ4n) is 3.23. The summed E-state index contributed by atoms with van der Waals surface area (Å²) in [5.41, 5.74) is 8.57. The van der Waals surface area contributed by atoms with E-state index in [-0.39, 0.29) is 6.04 Å². The highest BCUT2D eigenvalue weighted by atomic mass is 35.5. The molecule has 0 aromatic heterocycles. The van der Waals surface area contributed by atoms with E-state index >= 15 is 0 Å². The van der Waals surface area contributed by atoms with Gasteiger partial charge in [0, 0.05) is 26.2 Å². The normalized spacial score (nSPS) is 20.7. The summed E-state index contributed by atoms with van der Waals surface area (Å²) in [6, 6.07) is 6.37. The number of rotatable bonds is 6. The van der Waals surface area contributed by atoms with E-state index in [0.717, 1.165) is 36.0 Å². The highest BCUT2D eigenvalue weighted by molar-refractivity contribution is 6.33. The van der Waals surface area contributed by atoms with Crippen LogP contribution in [0.25, 0.3) is 0 Å². The summed E-state index contributed by atoms with van der Waals surface area (Å²) in [4.78, 5) is 4.73. The van der Waals surface area contributed by atoms with Crippen LogP contribution in [0.5, 0.6) is 0 Å². The predicted molar refractivity (Wildman–Crippen MR) is 92.3 cm³/mol. The van der Waals surface area contributed by atoms with Crippen LogP contribution in [0.1, 0.15) is 25.3 Å². The van der Waals surface area contributed by atoms with Gasteiger partial charge in [0.2, 0.25) is 0 Å². The molecule has 0 amide bonds. The van der Waals surface area contributed by atoms with Crippen LogP contribution in [0, 0.1) is 5.92 Å². The zero-order valence-electron chi connectivity index (χ0n) is 13.5. The van der Waals surface area contributed by atoms with Crippen LogP contribution in [-0.2, 0) is 6.42 Å². The Morgan fingerprint density at radius 3 is 2.86 bits per heavy atom. The van der Waals surface area contributed by atoms with Gasteiger partial charge in [0.25, 0.3) is 0 Å². The predicted octanol–water partition coefficient (Wildman–Crippen LogP) is 3.01. The molecule has 0 aliphatic carbocycles. The molecule has 2 N–H and O–H groups in total. The maximum absolute atomic E-state index is 6.47. The lowest BCUT2D eigenvalue weighted by Crippen LogP contribution is -2.29. The number of hydrogen-bond acceptors (Lipinski definition) is 3. The largest absolute Gasteiger partial charge is 0.373 e. The van der Waals surface area contributed by atoms with Gasteiger partial charge in [-0.05, 0) is 50.4 Å². The molecular formula is C17H28ClN3. The van der Waals surface area contributed by atoms with Gasteiger partial charge in [0.15, 0.2) is 0 Å². The van der Waals surface area contributed by atoms with Crippen LogP contribution < -0.4 is 10.6 Å². The molecule has 3 nitrogen and oxygen atoms in total. The minimum Gasteiger partial charge on any atom is -0.373 e. The van der Waals surface area contributed by atoms with Gasteiger partial charge in [0.05, 0.1) is 10.7 Å². The van der Waals surface area contributed by atoms with Crippen molar-refractivity contribution in [3.8, 4) is 0 Å². The lowest BCUT2D eigenvalue weighted by Gasteiger charge is -2.27. The molecule has 1 aromatic carbocycles. The van der Waals surface area contributed by atoms with Crippen molar-refractivity contribution in [3.05, 3.63) is 28.8 Å². The first kappa shape index (κ1) is 16.6. The summed E-state index contributed by atoms with van der Waals surface area (Å²) >= 11 is 6.47. The first-order valence-electron chi connectivity index (χ1n) is 7.93. The third-order valence-electron chi connectivity index (χ3n) is 4.48. The number of nitrogens with two attached hydrogens (primary N) is 1. The number of likely N-dealkylation sites (tertiary alicyclic amines) is 1.